The van der Waals surface area contributed by atoms with Crippen LogP contribution in [0.3, 0.4) is 0 Å². The number of rotatable bonds is 2. The van der Waals surface area contributed by atoms with Crippen molar-refractivity contribution in [2.45, 2.75) is 39.2 Å². The van der Waals surface area contributed by atoms with E-state index in [4.69, 9.17) is 0 Å². The van der Waals surface area contributed by atoms with Gasteiger partial charge in [-0.1, -0.05) is 32.0 Å². The average molecular weight is 270 g/mol. The number of aromatic nitrogens is 1. The molecule has 3 heteroatoms. The fraction of sp³-hybridized carbons (Fsp3) is 0.471. The van der Waals surface area contributed by atoms with Gasteiger partial charge in [0.25, 0.3) is 5.91 Å². The summed E-state index contributed by atoms with van der Waals surface area (Å²) in [5, 5.41) is 4.26. The van der Waals surface area contributed by atoms with Gasteiger partial charge in [0.1, 0.15) is 5.69 Å². The highest BCUT2D eigenvalue weighted by molar-refractivity contribution is 5.98. The van der Waals surface area contributed by atoms with Crippen molar-refractivity contribution in [3.8, 4) is 0 Å². The second-order valence-corrected chi connectivity index (χ2v) is 6.21. The minimum Gasteiger partial charge on any atom is -0.351 e. The molecule has 1 aliphatic carbocycles. The lowest BCUT2D eigenvalue weighted by Crippen LogP contribution is -2.39. The first kappa shape index (κ1) is 13.2. The Labute approximate surface area is 119 Å². The molecule has 0 spiro atoms. The van der Waals surface area contributed by atoms with E-state index < -0.39 is 0 Å². The number of carbonyl (C=O) groups excluding carboxylic acids is 1. The summed E-state index contributed by atoms with van der Waals surface area (Å²) in [4.78, 5) is 15.5. The maximum absolute atomic E-state index is 12.3. The normalized spacial score (nSPS) is 26.6. The average Bonchev–Trinajstić information content (AvgIpc) is 2.87. The summed E-state index contributed by atoms with van der Waals surface area (Å²) in [6.07, 6.45) is 3.39. The predicted molar refractivity (Wildman–Crippen MR) is 81.7 cm³/mol. The summed E-state index contributed by atoms with van der Waals surface area (Å²) in [6, 6.07) is 10.2. The topological polar surface area (TPSA) is 44.9 Å². The van der Waals surface area contributed by atoms with Crippen molar-refractivity contribution in [3.05, 3.63) is 36.0 Å². The third kappa shape index (κ3) is 2.58. The highest BCUT2D eigenvalue weighted by Crippen LogP contribution is 2.29. The minimum absolute atomic E-state index is 0.0213. The minimum atomic E-state index is 0.0213. The van der Waals surface area contributed by atoms with Gasteiger partial charge in [-0.25, -0.2) is 0 Å². The van der Waals surface area contributed by atoms with Gasteiger partial charge in [0.05, 0.1) is 0 Å². The molecule has 2 aromatic rings. The van der Waals surface area contributed by atoms with E-state index in [2.05, 4.69) is 24.1 Å². The molecule has 2 N–H and O–H groups in total. The molecule has 1 aromatic heterocycles. The van der Waals surface area contributed by atoms with E-state index in [9.17, 15) is 4.79 Å². The van der Waals surface area contributed by atoms with Crippen molar-refractivity contribution in [1.29, 1.82) is 0 Å². The number of amides is 1. The van der Waals surface area contributed by atoms with E-state index >= 15 is 0 Å². The van der Waals surface area contributed by atoms with Crippen molar-refractivity contribution >= 4 is 16.8 Å². The first-order valence-corrected chi connectivity index (χ1v) is 7.52. The fourth-order valence-corrected chi connectivity index (χ4v) is 3.14. The molecule has 1 aliphatic rings. The maximum atomic E-state index is 12.3. The lowest BCUT2D eigenvalue weighted by Gasteiger charge is -2.32. The fourth-order valence-electron chi connectivity index (χ4n) is 3.14. The molecular formula is C17H22N2O. The Morgan fingerprint density at radius 2 is 2.00 bits per heavy atom. The Balaban J connectivity index is 1.70. The Morgan fingerprint density at radius 3 is 2.75 bits per heavy atom. The van der Waals surface area contributed by atoms with Crippen LogP contribution in [0, 0.1) is 11.8 Å². The number of benzene rings is 1. The van der Waals surface area contributed by atoms with Gasteiger partial charge in [0.15, 0.2) is 0 Å². The molecule has 0 saturated heterocycles. The third-order valence-corrected chi connectivity index (χ3v) is 4.71. The number of carbonyl (C=O) groups is 1. The molecule has 0 bridgehead atoms. The van der Waals surface area contributed by atoms with Crippen LogP contribution < -0.4 is 5.32 Å². The van der Waals surface area contributed by atoms with E-state index in [1.807, 2.05) is 30.3 Å². The molecule has 3 nitrogen and oxygen atoms in total. The molecule has 1 fully saturated rings. The van der Waals surface area contributed by atoms with Gasteiger partial charge in [-0.15, -0.1) is 0 Å². The van der Waals surface area contributed by atoms with Gasteiger partial charge < -0.3 is 10.3 Å². The highest BCUT2D eigenvalue weighted by Gasteiger charge is 2.26. The smallest absolute Gasteiger partial charge is 0.267 e. The summed E-state index contributed by atoms with van der Waals surface area (Å²) >= 11 is 0. The van der Waals surface area contributed by atoms with Crippen molar-refractivity contribution in [2.24, 2.45) is 11.8 Å². The van der Waals surface area contributed by atoms with Crippen LogP contribution in [0.15, 0.2) is 30.3 Å². The van der Waals surface area contributed by atoms with Crippen molar-refractivity contribution in [3.63, 3.8) is 0 Å². The summed E-state index contributed by atoms with van der Waals surface area (Å²) in [5.41, 5.74) is 1.68. The number of hydrogen-bond acceptors (Lipinski definition) is 1. The van der Waals surface area contributed by atoms with E-state index in [1.165, 1.54) is 6.42 Å². The summed E-state index contributed by atoms with van der Waals surface area (Å²) in [6.45, 7) is 4.59. The Kier molecular flexibility index (Phi) is 3.51. The molecular weight excluding hydrogens is 248 g/mol. The molecule has 1 amide bonds. The highest BCUT2D eigenvalue weighted by atomic mass is 16.1. The maximum Gasteiger partial charge on any atom is 0.267 e. The second-order valence-electron chi connectivity index (χ2n) is 6.21. The largest absolute Gasteiger partial charge is 0.351 e. The van der Waals surface area contributed by atoms with Crippen LogP contribution in [0.1, 0.15) is 43.6 Å². The molecule has 20 heavy (non-hydrogen) atoms. The zero-order valence-corrected chi connectivity index (χ0v) is 12.1. The molecule has 3 unspecified atom stereocenters. The molecule has 106 valence electrons. The van der Waals surface area contributed by atoms with Crippen LogP contribution in [0.25, 0.3) is 10.9 Å². The van der Waals surface area contributed by atoms with Crippen molar-refractivity contribution in [2.75, 3.05) is 0 Å². The number of hydrogen-bond donors (Lipinski definition) is 2. The quantitative estimate of drug-likeness (QED) is 0.858. The Bertz CT molecular complexity index is 583. The van der Waals surface area contributed by atoms with Crippen LogP contribution >= 0.6 is 0 Å². The standard InChI is InChI=1S/C17H22N2O/c1-11-7-8-14(9-12(11)2)18-17(20)16-10-13-5-3-4-6-15(13)19-16/h3-6,10-12,14,19H,7-9H2,1-2H3,(H,18,20). The van der Waals surface area contributed by atoms with Gasteiger partial charge in [-0.05, 0) is 43.2 Å². The van der Waals surface area contributed by atoms with E-state index in [0.29, 0.717) is 17.7 Å². The molecule has 1 aromatic carbocycles. The molecule has 3 atom stereocenters. The predicted octanol–water partition coefficient (Wildman–Crippen LogP) is 3.72. The van der Waals surface area contributed by atoms with Gasteiger partial charge in [0, 0.05) is 16.9 Å². The van der Waals surface area contributed by atoms with E-state index in [-0.39, 0.29) is 5.91 Å². The van der Waals surface area contributed by atoms with E-state index in [1.54, 1.807) is 0 Å². The first-order chi connectivity index (χ1) is 9.63. The van der Waals surface area contributed by atoms with E-state index in [0.717, 1.165) is 29.7 Å². The van der Waals surface area contributed by atoms with Gasteiger partial charge >= 0.3 is 0 Å². The van der Waals surface area contributed by atoms with Crippen LogP contribution in [0.2, 0.25) is 0 Å². The molecule has 3 rings (SSSR count). The van der Waals surface area contributed by atoms with Crippen LogP contribution in [-0.2, 0) is 0 Å². The number of para-hydroxylation sites is 1. The monoisotopic (exact) mass is 270 g/mol. The number of aromatic amines is 1. The lowest BCUT2D eigenvalue weighted by molar-refractivity contribution is 0.0906. The number of fused-ring (bicyclic) bond motifs is 1. The Hall–Kier alpha value is -1.77. The lowest BCUT2D eigenvalue weighted by atomic mass is 9.79. The molecule has 0 radical (unpaired) electrons. The number of H-pyrrole nitrogens is 1. The SMILES string of the molecule is CC1CCC(NC(=O)c2cc3ccccc3[nH]2)CC1C. The third-order valence-electron chi connectivity index (χ3n) is 4.71. The van der Waals surface area contributed by atoms with Gasteiger partial charge in [-0.3, -0.25) is 4.79 Å². The number of nitrogens with one attached hydrogen (secondary N) is 2. The first-order valence-electron chi connectivity index (χ1n) is 7.52. The second kappa shape index (κ2) is 5.31. The zero-order valence-electron chi connectivity index (χ0n) is 12.1. The van der Waals surface area contributed by atoms with Crippen LogP contribution in [-0.4, -0.2) is 16.9 Å². The Morgan fingerprint density at radius 1 is 1.20 bits per heavy atom. The van der Waals surface area contributed by atoms with Crippen LogP contribution in [0.5, 0.6) is 0 Å². The van der Waals surface area contributed by atoms with Crippen molar-refractivity contribution in [1.82, 2.24) is 10.3 Å². The summed E-state index contributed by atoms with van der Waals surface area (Å²) in [7, 11) is 0. The zero-order chi connectivity index (χ0) is 14.1. The molecule has 0 aliphatic heterocycles. The van der Waals surface area contributed by atoms with Gasteiger partial charge in [0.2, 0.25) is 0 Å². The van der Waals surface area contributed by atoms with Gasteiger partial charge in [-0.2, -0.15) is 0 Å². The van der Waals surface area contributed by atoms with Crippen LogP contribution in [0.4, 0.5) is 0 Å². The van der Waals surface area contributed by atoms with Crippen molar-refractivity contribution < 1.29 is 4.79 Å². The molecule has 1 saturated carbocycles. The molecule has 1 heterocycles. The summed E-state index contributed by atoms with van der Waals surface area (Å²) in [5.74, 6) is 1.49. The summed E-state index contributed by atoms with van der Waals surface area (Å²) < 4.78 is 0.